The highest BCUT2D eigenvalue weighted by molar-refractivity contribution is 6.03. The van der Waals surface area contributed by atoms with Crippen LogP contribution in [0.2, 0.25) is 0 Å². The highest BCUT2D eigenvalue weighted by atomic mass is 19.4. The van der Waals surface area contributed by atoms with Crippen LogP contribution in [0.25, 0.3) is 10.9 Å². The number of aryl methyl sites for hydroxylation is 2. The van der Waals surface area contributed by atoms with E-state index in [1.807, 2.05) is 37.3 Å². The van der Waals surface area contributed by atoms with E-state index in [1.54, 1.807) is 6.07 Å². The Labute approximate surface area is 222 Å². The number of carbonyl (C=O) groups excluding carboxylic acids is 2. The highest BCUT2D eigenvalue weighted by Gasteiger charge is 2.32. The zero-order chi connectivity index (χ0) is 28.2. The minimum atomic E-state index is -4.68. The summed E-state index contributed by atoms with van der Waals surface area (Å²) in [7, 11) is 0. The third kappa shape index (κ3) is 6.62. The van der Waals surface area contributed by atoms with E-state index >= 15 is 0 Å². The zero-order valence-corrected chi connectivity index (χ0v) is 21.5. The van der Waals surface area contributed by atoms with Gasteiger partial charge in [-0.2, -0.15) is 13.2 Å². The molecule has 2 amide bonds. The third-order valence-corrected chi connectivity index (χ3v) is 6.85. The Bertz CT molecular complexity index is 1380. The van der Waals surface area contributed by atoms with Crippen molar-refractivity contribution in [1.29, 1.82) is 0 Å². The maximum absolute atomic E-state index is 13.6. The van der Waals surface area contributed by atoms with Gasteiger partial charge in [0.15, 0.2) is 12.4 Å². The number of carbonyl (C=O) groups is 2. The third-order valence-electron chi connectivity index (χ3n) is 6.85. The molecule has 1 fully saturated rings. The Hall–Kier alpha value is -3.80. The molecule has 1 aromatic carbocycles. The zero-order valence-electron chi connectivity index (χ0n) is 21.5. The average molecular weight is 549 g/mol. The lowest BCUT2D eigenvalue weighted by Crippen LogP contribution is -2.47. The van der Waals surface area contributed by atoms with Gasteiger partial charge in [-0.05, 0) is 37.3 Å². The Kier molecular flexibility index (Phi) is 8.63. The predicted octanol–water partition coefficient (Wildman–Crippen LogP) is 2.79. The second kappa shape index (κ2) is 11.9. The van der Waals surface area contributed by atoms with Gasteiger partial charge in [0, 0.05) is 31.4 Å². The second-order valence-electron chi connectivity index (χ2n) is 9.49. The molecule has 2 aromatic heterocycles. The molecule has 4 rings (SSSR count). The van der Waals surface area contributed by atoms with Gasteiger partial charge >= 0.3 is 6.18 Å². The number of rotatable bonds is 9. The van der Waals surface area contributed by atoms with Gasteiger partial charge in [0.2, 0.25) is 5.91 Å². The van der Waals surface area contributed by atoms with Gasteiger partial charge in [-0.1, -0.05) is 37.3 Å². The first kappa shape index (κ1) is 28.2. The number of fused-ring (bicyclic) bond motifs is 1. The number of halogens is 3. The van der Waals surface area contributed by atoms with Crippen molar-refractivity contribution in [2.24, 2.45) is 0 Å². The molecule has 3 aromatic rings. The predicted molar refractivity (Wildman–Crippen MR) is 138 cm³/mol. The van der Waals surface area contributed by atoms with E-state index in [-0.39, 0.29) is 22.6 Å². The minimum Gasteiger partial charge on any atom is -0.481 e. The van der Waals surface area contributed by atoms with Crippen molar-refractivity contribution in [3.05, 3.63) is 63.7 Å². The van der Waals surface area contributed by atoms with E-state index in [2.05, 4.69) is 10.3 Å². The van der Waals surface area contributed by atoms with Crippen molar-refractivity contribution in [1.82, 2.24) is 19.8 Å². The van der Waals surface area contributed by atoms with Gasteiger partial charge in [-0.3, -0.25) is 14.4 Å². The second-order valence-corrected chi connectivity index (χ2v) is 9.49. The number of H-pyrrole nitrogens is 1. The molecule has 0 aliphatic carbocycles. The van der Waals surface area contributed by atoms with E-state index in [9.17, 15) is 27.6 Å². The molecular formula is C27H31F3N4O5. The van der Waals surface area contributed by atoms with Crippen LogP contribution in [-0.2, 0) is 24.2 Å². The number of alkyl halides is 3. The normalized spacial score (nSPS) is 14.5. The van der Waals surface area contributed by atoms with Crippen LogP contribution in [0.15, 0.2) is 41.2 Å². The van der Waals surface area contributed by atoms with E-state index in [4.69, 9.17) is 9.84 Å². The number of benzene rings is 1. The van der Waals surface area contributed by atoms with Crippen LogP contribution in [0.4, 0.5) is 13.2 Å². The first-order valence-corrected chi connectivity index (χ1v) is 12.8. The monoisotopic (exact) mass is 548 g/mol. The molecule has 210 valence electrons. The number of piperidine rings is 1. The lowest BCUT2D eigenvalue weighted by molar-refractivity contribution is -0.153. The van der Waals surface area contributed by atoms with Gasteiger partial charge in [0.05, 0.1) is 5.52 Å². The fourth-order valence-corrected chi connectivity index (χ4v) is 4.84. The number of aliphatic hydroxyl groups excluding tert-OH is 1. The molecule has 3 N–H and O–H groups in total. The number of ether oxygens (including phenoxy) is 1. The lowest BCUT2D eigenvalue weighted by atomic mass is 10.0. The van der Waals surface area contributed by atoms with Crippen LogP contribution in [0.1, 0.15) is 41.5 Å². The van der Waals surface area contributed by atoms with Crippen molar-refractivity contribution in [2.75, 3.05) is 26.3 Å². The summed E-state index contributed by atoms with van der Waals surface area (Å²) in [5, 5.41) is 11.7. The fourth-order valence-electron chi connectivity index (χ4n) is 4.84. The summed E-state index contributed by atoms with van der Waals surface area (Å²) in [4.78, 5) is 42.9. The first-order valence-electron chi connectivity index (χ1n) is 12.8. The van der Waals surface area contributed by atoms with E-state index in [0.29, 0.717) is 51.0 Å². The first-order chi connectivity index (χ1) is 18.6. The molecule has 12 heteroatoms. The van der Waals surface area contributed by atoms with E-state index in [0.717, 1.165) is 5.56 Å². The summed E-state index contributed by atoms with van der Waals surface area (Å²) >= 11 is 0. The summed E-state index contributed by atoms with van der Waals surface area (Å²) in [6.45, 7) is 0.542. The smallest absolute Gasteiger partial charge is 0.422 e. The van der Waals surface area contributed by atoms with Crippen molar-refractivity contribution in [2.45, 2.75) is 51.4 Å². The molecule has 1 aliphatic rings. The van der Waals surface area contributed by atoms with Crippen molar-refractivity contribution in [3.63, 3.8) is 0 Å². The highest BCUT2D eigenvalue weighted by Crippen LogP contribution is 2.31. The molecule has 0 saturated carbocycles. The molecule has 39 heavy (non-hydrogen) atoms. The number of amides is 2. The minimum absolute atomic E-state index is 0.113. The Morgan fingerprint density at radius 2 is 1.87 bits per heavy atom. The summed E-state index contributed by atoms with van der Waals surface area (Å²) in [5.74, 6) is -1.55. The summed E-state index contributed by atoms with van der Waals surface area (Å²) in [5.41, 5.74) is 1.09. The van der Waals surface area contributed by atoms with Crippen molar-refractivity contribution in [3.8, 4) is 5.75 Å². The molecule has 1 aliphatic heterocycles. The Morgan fingerprint density at radius 1 is 1.18 bits per heavy atom. The largest absolute Gasteiger partial charge is 0.481 e. The Morgan fingerprint density at radius 3 is 2.49 bits per heavy atom. The Balaban J connectivity index is 1.66. The summed E-state index contributed by atoms with van der Waals surface area (Å²) in [6, 6.07) is 10.8. The van der Waals surface area contributed by atoms with Crippen LogP contribution in [0.5, 0.6) is 5.75 Å². The number of aromatic amines is 1. The summed E-state index contributed by atoms with van der Waals surface area (Å²) in [6.07, 6.45) is -2.85. The molecule has 0 bridgehead atoms. The number of nitrogens with one attached hydrogen (secondary N) is 2. The number of aromatic nitrogens is 2. The van der Waals surface area contributed by atoms with E-state index in [1.165, 1.54) is 9.47 Å². The lowest BCUT2D eigenvalue weighted by Gasteiger charge is -2.32. The van der Waals surface area contributed by atoms with Crippen molar-refractivity contribution >= 4 is 22.7 Å². The average Bonchev–Trinajstić information content (AvgIpc) is 3.30. The van der Waals surface area contributed by atoms with Gasteiger partial charge in [-0.25, -0.2) is 0 Å². The van der Waals surface area contributed by atoms with Gasteiger partial charge in [0.25, 0.3) is 11.5 Å². The van der Waals surface area contributed by atoms with Crippen LogP contribution < -0.4 is 15.6 Å². The molecule has 1 saturated heterocycles. The fraction of sp³-hybridized carbons (Fsp3) is 0.444. The van der Waals surface area contributed by atoms with Gasteiger partial charge in [0.1, 0.15) is 17.7 Å². The number of likely N-dealkylation sites (tertiary alicyclic amines) is 1. The number of nitrogens with zero attached hydrogens (tertiary/aromatic N) is 2. The standard InChI is InChI=1S/C27H31F3N4O5/c1-2-19-14-20-22(26(38)34(19)13-8-17-6-4-3-5-7-17)24(39-16-27(28,29)30)23(32-20)25(37)31-18-9-11-33(12-10-18)21(36)15-35/h3-7,14,18,32,35H,2,8-13,15-16H2,1H3,(H,31,37). The number of aliphatic hydroxyl groups is 1. The van der Waals surface area contributed by atoms with Crippen molar-refractivity contribution < 1.29 is 32.6 Å². The van der Waals surface area contributed by atoms with Crippen LogP contribution in [0, 0.1) is 0 Å². The number of hydrogen-bond acceptors (Lipinski definition) is 5. The molecular weight excluding hydrogens is 517 g/mol. The van der Waals surface area contributed by atoms with Gasteiger partial charge < -0.3 is 29.6 Å². The SMILES string of the molecule is CCc1cc2[nH]c(C(=O)NC3CCN(C(=O)CO)CC3)c(OCC(F)(F)F)c2c(=O)n1CCc1ccccc1. The quantitative estimate of drug-likeness (QED) is 0.380. The van der Waals surface area contributed by atoms with Crippen LogP contribution in [-0.4, -0.2) is 69.9 Å². The molecule has 3 heterocycles. The maximum atomic E-state index is 13.6. The number of pyridine rings is 1. The maximum Gasteiger partial charge on any atom is 0.422 e. The van der Waals surface area contributed by atoms with Crippen LogP contribution >= 0.6 is 0 Å². The topological polar surface area (TPSA) is 117 Å². The number of hydrogen-bond donors (Lipinski definition) is 3. The van der Waals surface area contributed by atoms with Gasteiger partial charge in [-0.15, -0.1) is 0 Å². The van der Waals surface area contributed by atoms with E-state index < -0.39 is 42.5 Å². The molecule has 9 nitrogen and oxygen atoms in total. The molecule has 0 spiro atoms. The van der Waals surface area contributed by atoms with Crippen LogP contribution in [0.3, 0.4) is 0 Å². The molecule has 0 radical (unpaired) electrons. The molecule has 0 atom stereocenters. The summed E-state index contributed by atoms with van der Waals surface area (Å²) < 4.78 is 46.0. The molecule has 0 unspecified atom stereocenters.